The summed E-state index contributed by atoms with van der Waals surface area (Å²) in [5.74, 6) is -0.524. The smallest absolute Gasteiger partial charge is 0.243 e. The van der Waals surface area contributed by atoms with Gasteiger partial charge in [-0.3, -0.25) is 14.5 Å². The third-order valence-corrected chi connectivity index (χ3v) is 18.4. The fourth-order valence-corrected chi connectivity index (χ4v) is 13.6. The molecule has 2 aliphatic heterocycles. The quantitative estimate of drug-likeness (QED) is 0.0161. The van der Waals surface area contributed by atoms with E-state index in [9.17, 15) is 57.4 Å². The van der Waals surface area contributed by atoms with Gasteiger partial charge in [0.1, 0.15) is 26.8 Å². The SMILES string of the molecule is CN(CCCC(=O)NCCCn1ccnn1)S(=O)(=O)c1cccc2c3c(ccc12)N(CCCS(=O)(=O)[O-])/C(=C/C=C/C=C/C1=[N+](CCCSOO[O-])c2ccc4c(S(=O)(=O)[O-])cc(S(=O)(=O)[O-])cc4c2C1(C)C)C3(C)C. The lowest BCUT2D eigenvalue weighted by Crippen LogP contribution is -2.30. The number of carbonyl (C=O) groups excluding carboxylic acids is 1. The third-order valence-electron chi connectivity index (χ3n) is 13.4. The first-order chi connectivity index (χ1) is 35.7. The largest absolute Gasteiger partial charge is 0.748 e. The zero-order valence-corrected chi connectivity index (χ0v) is 46.2. The fraction of sp³-hybridized carbons (Fsp3) is 0.388. The number of allylic oxidation sites excluding steroid dienone is 6. The van der Waals surface area contributed by atoms with Gasteiger partial charge in [0.25, 0.3) is 0 Å². The van der Waals surface area contributed by atoms with E-state index < -0.39 is 66.8 Å². The second-order valence-electron chi connectivity index (χ2n) is 19.2. The normalized spacial score (nSPS) is 16.3. The second-order valence-corrected chi connectivity index (χ2v) is 26.2. The lowest BCUT2D eigenvalue weighted by Gasteiger charge is -2.27. The van der Waals surface area contributed by atoms with Crippen LogP contribution in [0.1, 0.15) is 70.9 Å². The Hall–Kier alpha value is -5.43. The minimum Gasteiger partial charge on any atom is -0.748 e. The van der Waals surface area contributed by atoms with E-state index in [1.807, 2.05) is 49.3 Å². The van der Waals surface area contributed by atoms with Crippen molar-refractivity contribution in [3.63, 3.8) is 0 Å². The Bertz CT molecular complexity index is 3620. The van der Waals surface area contributed by atoms with Gasteiger partial charge in [0.15, 0.2) is 5.71 Å². The van der Waals surface area contributed by atoms with Crippen LogP contribution in [0.4, 0.5) is 11.4 Å². The number of hydrogen-bond donors (Lipinski definition) is 1. The first-order valence-electron chi connectivity index (χ1n) is 23.9. The van der Waals surface area contributed by atoms with Gasteiger partial charge in [0.2, 0.25) is 21.6 Å². The number of sulfonamides is 1. The highest BCUT2D eigenvalue weighted by Gasteiger charge is 2.46. The number of aromatic nitrogens is 3. The minimum atomic E-state index is -5.26. The molecule has 1 aromatic heterocycles. The molecule has 0 unspecified atom stereocenters. The molecule has 76 heavy (non-hydrogen) atoms. The van der Waals surface area contributed by atoms with E-state index in [-0.39, 0.29) is 53.9 Å². The third kappa shape index (κ3) is 12.8. The summed E-state index contributed by atoms with van der Waals surface area (Å²) in [6, 6.07) is 13.1. The van der Waals surface area contributed by atoms with Crippen molar-refractivity contribution in [3.8, 4) is 0 Å². The molecule has 1 N–H and O–H groups in total. The Labute approximate surface area is 446 Å². The van der Waals surface area contributed by atoms with Crippen molar-refractivity contribution < 1.29 is 71.3 Å². The van der Waals surface area contributed by atoms with Crippen LogP contribution in [0, 0.1) is 0 Å². The zero-order valence-electron chi connectivity index (χ0n) is 42.1. The van der Waals surface area contributed by atoms with E-state index in [1.54, 1.807) is 65.6 Å². The molecule has 0 spiro atoms. The molecule has 4 aromatic carbocycles. The van der Waals surface area contributed by atoms with Crippen molar-refractivity contribution in [2.45, 2.75) is 91.9 Å². The van der Waals surface area contributed by atoms with E-state index in [1.165, 1.54) is 23.5 Å². The Balaban J connectivity index is 1.19. The lowest BCUT2D eigenvalue weighted by atomic mass is 9.79. The maximum Gasteiger partial charge on any atom is 0.243 e. The van der Waals surface area contributed by atoms with E-state index >= 15 is 0 Å². The molecular formula is C49H56N7O15S5-3. The summed E-state index contributed by atoms with van der Waals surface area (Å²) < 4.78 is 147. The minimum absolute atomic E-state index is 0.0158. The molecule has 0 fully saturated rings. The van der Waals surface area contributed by atoms with E-state index in [0.29, 0.717) is 83.4 Å². The highest BCUT2D eigenvalue weighted by atomic mass is 32.2. The molecule has 410 valence electrons. The van der Waals surface area contributed by atoms with E-state index in [2.05, 4.69) is 25.0 Å². The average Bonchev–Trinajstić information content (AvgIpc) is 4.00. The number of benzene rings is 4. The Kier molecular flexibility index (Phi) is 17.8. The predicted molar refractivity (Wildman–Crippen MR) is 279 cm³/mol. The highest BCUT2D eigenvalue weighted by molar-refractivity contribution is 7.94. The molecule has 1 amide bonds. The van der Waals surface area contributed by atoms with Crippen LogP contribution in [0.3, 0.4) is 0 Å². The molecule has 0 aliphatic carbocycles. The van der Waals surface area contributed by atoms with Crippen LogP contribution >= 0.6 is 12.0 Å². The number of anilines is 1. The molecule has 7 rings (SSSR count). The molecule has 5 aromatic rings. The molecule has 0 atom stereocenters. The van der Waals surface area contributed by atoms with Crippen molar-refractivity contribution in [3.05, 3.63) is 114 Å². The summed E-state index contributed by atoms with van der Waals surface area (Å²) in [5.41, 5.74) is 1.93. The van der Waals surface area contributed by atoms with E-state index in [0.717, 1.165) is 23.7 Å². The zero-order chi connectivity index (χ0) is 55.4. The number of amides is 1. The number of nitrogens with zero attached hydrogens (tertiary/aromatic N) is 6. The van der Waals surface area contributed by atoms with Crippen LogP contribution in [0.15, 0.2) is 118 Å². The molecule has 0 saturated heterocycles. The maximum atomic E-state index is 14.2. The first-order valence-corrected chi connectivity index (χ1v) is 30.6. The summed E-state index contributed by atoms with van der Waals surface area (Å²) in [7, 11) is -17.7. The van der Waals surface area contributed by atoms with Gasteiger partial charge in [-0.25, -0.2) is 38.0 Å². The van der Waals surface area contributed by atoms with Gasteiger partial charge >= 0.3 is 0 Å². The van der Waals surface area contributed by atoms with Crippen molar-refractivity contribution in [2.24, 2.45) is 0 Å². The Morgan fingerprint density at radius 3 is 2.24 bits per heavy atom. The van der Waals surface area contributed by atoms with Crippen molar-refractivity contribution in [1.82, 2.24) is 24.6 Å². The highest BCUT2D eigenvalue weighted by Crippen LogP contribution is 2.52. The summed E-state index contributed by atoms with van der Waals surface area (Å²) >= 11 is 0.776. The topological polar surface area (TPSA) is 317 Å². The fourth-order valence-electron chi connectivity index (χ4n) is 10.0. The van der Waals surface area contributed by atoms with Crippen molar-refractivity contribution in [2.75, 3.05) is 49.6 Å². The number of rotatable bonds is 25. The molecule has 3 heterocycles. The van der Waals surface area contributed by atoms with Gasteiger partial charge in [0, 0.05) is 121 Å². The summed E-state index contributed by atoms with van der Waals surface area (Å²) in [6.45, 7) is 9.04. The van der Waals surface area contributed by atoms with Crippen LogP contribution in [-0.2, 0) is 71.9 Å². The Morgan fingerprint density at radius 1 is 0.816 bits per heavy atom. The molecule has 2 aliphatic rings. The summed E-state index contributed by atoms with van der Waals surface area (Å²) in [5, 5.41) is 25.5. The number of carbonyl (C=O) groups is 1. The van der Waals surface area contributed by atoms with Crippen LogP contribution in [0.5, 0.6) is 0 Å². The van der Waals surface area contributed by atoms with Crippen molar-refractivity contribution >= 4 is 97.0 Å². The summed E-state index contributed by atoms with van der Waals surface area (Å²) in [6.07, 6.45) is 13.6. The summed E-state index contributed by atoms with van der Waals surface area (Å²) in [4.78, 5) is 12.8. The number of aryl methyl sites for hydroxylation is 1. The predicted octanol–water partition coefficient (Wildman–Crippen LogP) is 4.37. The average molecular weight is 1140 g/mol. The molecular weight excluding hydrogens is 1090 g/mol. The van der Waals surface area contributed by atoms with Gasteiger partial charge in [-0.15, -0.1) is 5.10 Å². The number of hydrogen-bond acceptors (Lipinski definition) is 19. The molecule has 0 bridgehead atoms. The maximum absolute atomic E-state index is 14.2. The first kappa shape index (κ1) is 58.3. The monoisotopic (exact) mass is 1140 g/mol. The molecule has 27 heteroatoms. The Morgan fingerprint density at radius 2 is 1.55 bits per heavy atom. The van der Waals surface area contributed by atoms with Gasteiger partial charge in [-0.1, -0.05) is 55.5 Å². The molecule has 22 nitrogen and oxygen atoms in total. The second kappa shape index (κ2) is 23.3. The van der Waals surface area contributed by atoms with Gasteiger partial charge < -0.3 is 29.1 Å². The van der Waals surface area contributed by atoms with Gasteiger partial charge in [-0.05, 0) is 85.9 Å². The van der Waals surface area contributed by atoms with E-state index in [4.69, 9.17) is 0 Å². The standard InChI is InChI=1S/C49H59N7O15S5/c1-48(2)43(16-7-6-8-17-44-49(3,4)47-38-32-34(75(64,65)66)33-42(76(67,68)69)36(38)20-22-40(47)55(44)27-12-30-72-71-70-58)56(28-13-31-73(59,60)61)39-21-19-35-37(46(39)48)14-9-15-41(35)74(62,63)53(5)25-10-18-45(57)50-23-11-26-54-29-24-51-52-54/h6-9,14-17,19-22,24,29,32-33H,10-13,18,23,25-28,30-31H2,1-5H3,(H4-,50,57,58,59,60,61,64,65,66,67,68,69)/p-3. The van der Waals surface area contributed by atoms with Crippen LogP contribution in [-0.4, -0.2) is 128 Å². The van der Waals surface area contributed by atoms with Crippen LogP contribution in [0.2, 0.25) is 0 Å². The van der Waals surface area contributed by atoms with Gasteiger partial charge in [0.05, 0.1) is 36.4 Å². The van der Waals surface area contributed by atoms with Crippen LogP contribution in [0.25, 0.3) is 21.5 Å². The number of nitrogens with one attached hydrogen (secondary N) is 1. The lowest BCUT2D eigenvalue weighted by molar-refractivity contribution is -0.777. The van der Waals surface area contributed by atoms with Crippen LogP contribution < -0.4 is 15.5 Å². The van der Waals surface area contributed by atoms with Crippen molar-refractivity contribution in [1.29, 1.82) is 0 Å². The molecule has 0 radical (unpaired) electrons. The number of fused-ring (bicyclic) bond motifs is 6. The van der Waals surface area contributed by atoms with Gasteiger partial charge in [-0.2, -0.15) is 8.91 Å². The molecule has 0 saturated carbocycles.